The Bertz CT molecular complexity index is 1070. The molecular weight excluding hydrogens is 378 g/mol. The van der Waals surface area contributed by atoms with Gasteiger partial charge in [0.05, 0.1) is 16.9 Å². The highest BCUT2D eigenvalue weighted by Gasteiger charge is 2.18. The number of benzene rings is 1. The summed E-state index contributed by atoms with van der Waals surface area (Å²) in [6, 6.07) is 7.70. The Morgan fingerprint density at radius 3 is 2.67 bits per heavy atom. The number of likely N-dealkylation sites (N-methyl/N-ethyl adjacent to an activating group) is 1. The minimum absolute atomic E-state index is 0.220. The molecule has 2 N–H and O–H groups in total. The van der Waals surface area contributed by atoms with Gasteiger partial charge in [-0.2, -0.15) is 0 Å². The van der Waals surface area contributed by atoms with Gasteiger partial charge in [-0.3, -0.25) is 4.99 Å². The first kappa shape index (κ1) is 21.6. The summed E-state index contributed by atoms with van der Waals surface area (Å²) in [5.74, 6) is 0.763. The van der Waals surface area contributed by atoms with Crippen LogP contribution in [0, 0.1) is 20.8 Å². The number of anilines is 2. The molecule has 0 saturated heterocycles. The number of hydrogen-bond acceptors (Lipinski definition) is 6. The summed E-state index contributed by atoms with van der Waals surface area (Å²) in [6.07, 6.45) is 2.63. The van der Waals surface area contributed by atoms with Gasteiger partial charge in [-0.15, -0.1) is 5.10 Å². The van der Waals surface area contributed by atoms with Gasteiger partial charge in [0.1, 0.15) is 18.0 Å². The van der Waals surface area contributed by atoms with E-state index in [2.05, 4.69) is 28.2 Å². The number of rotatable bonds is 8. The van der Waals surface area contributed by atoms with Crippen molar-refractivity contribution in [2.45, 2.75) is 34.1 Å². The maximum Gasteiger partial charge on any atom is 0.258 e. The van der Waals surface area contributed by atoms with E-state index in [9.17, 15) is 5.11 Å². The van der Waals surface area contributed by atoms with E-state index in [-0.39, 0.29) is 5.75 Å². The number of fused-ring (bicyclic) bond motifs is 1. The van der Waals surface area contributed by atoms with Crippen molar-refractivity contribution in [3.63, 3.8) is 0 Å². The summed E-state index contributed by atoms with van der Waals surface area (Å²) in [5, 5.41) is 18.4. The van der Waals surface area contributed by atoms with Crippen molar-refractivity contribution in [3.8, 4) is 11.6 Å². The number of phenols is 1. The molecule has 0 saturated carbocycles. The lowest BCUT2D eigenvalue weighted by Crippen LogP contribution is -2.19. The molecule has 7 heteroatoms. The monoisotopic (exact) mass is 409 g/mol. The van der Waals surface area contributed by atoms with E-state index in [1.165, 1.54) is 0 Å². The third-order valence-electron chi connectivity index (χ3n) is 5.03. The molecule has 3 aromatic rings. The second-order valence-electron chi connectivity index (χ2n) is 7.73. The van der Waals surface area contributed by atoms with Crippen molar-refractivity contribution in [1.29, 1.82) is 0 Å². The van der Waals surface area contributed by atoms with Crippen LogP contribution < -0.4 is 10.1 Å². The van der Waals surface area contributed by atoms with Crippen LogP contribution in [0.25, 0.3) is 5.52 Å². The molecule has 0 spiro atoms. The van der Waals surface area contributed by atoms with E-state index in [4.69, 9.17) is 9.84 Å². The molecule has 30 heavy (non-hydrogen) atoms. The highest BCUT2D eigenvalue weighted by molar-refractivity contribution is 5.86. The largest absolute Gasteiger partial charge is 0.508 e. The Morgan fingerprint density at radius 2 is 1.97 bits per heavy atom. The molecule has 160 valence electrons. The summed E-state index contributed by atoms with van der Waals surface area (Å²) in [7, 11) is 4.02. The maximum atomic E-state index is 10.2. The van der Waals surface area contributed by atoms with E-state index in [1.54, 1.807) is 6.07 Å². The van der Waals surface area contributed by atoms with E-state index >= 15 is 0 Å². The number of nitrogens with zero attached hydrogens (tertiary/aromatic N) is 4. The van der Waals surface area contributed by atoms with Crippen molar-refractivity contribution in [1.82, 2.24) is 14.5 Å². The zero-order valence-electron chi connectivity index (χ0n) is 18.7. The minimum atomic E-state index is 0.220. The Morgan fingerprint density at radius 1 is 1.20 bits per heavy atom. The SMILES string of the molecule is CCC=Nc1cc(O)c(C)cc1Nc1c(OCCN(C)C)nn2c(C)c(C)ccc12. The number of phenolic OH excluding ortho intramolecular Hbond substituents is 1. The van der Waals surface area contributed by atoms with Crippen LogP contribution >= 0.6 is 0 Å². The zero-order valence-corrected chi connectivity index (χ0v) is 18.7. The van der Waals surface area contributed by atoms with Crippen LogP contribution in [0.15, 0.2) is 29.3 Å². The number of nitrogens with one attached hydrogen (secondary N) is 1. The van der Waals surface area contributed by atoms with Crippen LogP contribution in [0.5, 0.6) is 11.6 Å². The first-order chi connectivity index (χ1) is 14.3. The van der Waals surface area contributed by atoms with E-state index in [1.807, 2.05) is 57.7 Å². The predicted molar refractivity (Wildman–Crippen MR) is 123 cm³/mol. The van der Waals surface area contributed by atoms with Crippen molar-refractivity contribution in [2.75, 3.05) is 32.6 Å². The third-order valence-corrected chi connectivity index (χ3v) is 5.03. The fourth-order valence-corrected chi connectivity index (χ4v) is 3.07. The molecule has 0 fully saturated rings. The molecule has 0 bridgehead atoms. The first-order valence-corrected chi connectivity index (χ1v) is 10.2. The summed E-state index contributed by atoms with van der Waals surface area (Å²) in [6.45, 7) is 9.32. The lowest BCUT2D eigenvalue weighted by atomic mass is 10.1. The molecule has 0 radical (unpaired) electrons. The van der Waals surface area contributed by atoms with Gasteiger partial charge in [-0.25, -0.2) is 4.52 Å². The Hall–Kier alpha value is -3.06. The summed E-state index contributed by atoms with van der Waals surface area (Å²) < 4.78 is 7.96. The molecule has 0 aliphatic rings. The quantitative estimate of drug-likeness (QED) is 0.414. The van der Waals surface area contributed by atoms with E-state index in [0.717, 1.165) is 46.7 Å². The highest BCUT2D eigenvalue weighted by atomic mass is 16.5. The lowest BCUT2D eigenvalue weighted by Gasteiger charge is -2.13. The number of pyridine rings is 1. The summed E-state index contributed by atoms with van der Waals surface area (Å²) in [4.78, 5) is 6.58. The van der Waals surface area contributed by atoms with Gasteiger partial charge >= 0.3 is 0 Å². The number of hydrogen-bond donors (Lipinski definition) is 2. The average Bonchev–Trinajstić information content (AvgIpc) is 3.04. The zero-order chi connectivity index (χ0) is 21.8. The number of aromatic hydroxyl groups is 1. The van der Waals surface area contributed by atoms with Crippen molar-refractivity contribution < 1.29 is 9.84 Å². The molecule has 0 unspecified atom stereocenters. The molecule has 0 amide bonds. The van der Waals surface area contributed by atoms with Crippen LogP contribution in [0.3, 0.4) is 0 Å². The number of ether oxygens (including phenoxy) is 1. The minimum Gasteiger partial charge on any atom is -0.508 e. The average molecular weight is 410 g/mol. The van der Waals surface area contributed by atoms with Crippen molar-refractivity contribution in [3.05, 3.63) is 41.1 Å². The van der Waals surface area contributed by atoms with Gasteiger partial charge < -0.3 is 20.1 Å². The number of aromatic nitrogens is 2. The molecule has 1 aromatic carbocycles. The fraction of sp³-hybridized carbons (Fsp3) is 0.391. The van der Waals surface area contributed by atoms with Gasteiger partial charge in [0.25, 0.3) is 5.88 Å². The lowest BCUT2D eigenvalue weighted by molar-refractivity contribution is 0.254. The van der Waals surface area contributed by atoms with Gasteiger partial charge in [0.2, 0.25) is 0 Å². The van der Waals surface area contributed by atoms with Gasteiger partial charge in [0, 0.05) is 24.5 Å². The van der Waals surface area contributed by atoms with Crippen LogP contribution in [0.4, 0.5) is 17.1 Å². The smallest absolute Gasteiger partial charge is 0.258 e. The molecule has 3 rings (SSSR count). The molecule has 0 aliphatic heterocycles. The van der Waals surface area contributed by atoms with Crippen LogP contribution in [-0.2, 0) is 0 Å². The summed E-state index contributed by atoms with van der Waals surface area (Å²) >= 11 is 0. The highest BCUT2D eigenvalue weighted by Crippen LogP contribution is 2.38. The second-order valence-corrected chi connectivity index (χ2v) is 7.73. The van der Waals surface area contributed by atoms with Gasteiger partial charge in [0.15, 0.2) is 0 Å². The Balaban J connectivity index is 2.09. The van der Waals surface area contributed by atoms with Gasteiger partial charge in [-0.1, -0.05) is 13.0 Å². The van der Waals surface area contributed by atoms with Crippen LogP contribution in [-0.4, -0.2) is 53.1 Å². The first-order valence-electron chi connectivity index (χ1n) is 10.2. The fourth-order valence-electron chi connectivity index (χ4n) is 3.07. The topological polar surface area (TPSA) is 74.4 Å². The second kappa shape index (κ2) is 9.17. The Kier molecular flexibility index (Phi) is 6.62. The molecule has 2 heterocycles. The molecule has 2 aromatic heterocycles. The van der Waals surface area contributed by atoms with Crippen LogP contribution in [0.1, 0.15) is 30.2 Å². The normalized spacial score (nSPS) is 11.7. The molecule has 7 nitrogen and oxygen atoms in total. The van der Waals surface area contributed by atoms with Crippen LogP contribution in [0.2, 0.25) is 0 Å². The number of aryl methyl sites for hydroxylation is 3. The van der Waals surface area contributed by atoms with E-state index < -0.39 is 0 Å². The predicted octanol–water partition coefficient (Wildman–Crippen LogP) is 4.76. The third kappa shape index (κ3) is 4.57. The van der Waals surface area contributed by atoms with Crippen molar-refractivity contribution in [2.24, 2.45) is 4.99 Å². The molecule has 0 atom stereocenters. The molecular formula is C23H31N5O2. The Labute approximate surface area is 178 Å². The van der Waals surface area contributed by atoms with Crippen molar-refractivity contribution >= 4 is 28.8 Å². The summed E-state index contributed by atoms with van der Waals surface area (Å²) in [5.41, 5.74) is 6.16. The standard InChI is InChI=1S/C23H31N5O2/c1-7-10-24-18-14-21(29)16(3)13-19(18)25-22-20-9-8-15(2)17(4)28(20)26-23(22)30-12-11-27(5)6/h8-10,13-14,25,29H,7,11-12H2,1-6H3. The maximum absolute atomic E-state index is 10.2. The number of aliphatic imine (C=N–C) groups is 1. The van der Waals surface area contributed by atoms with Gasteiger partial charge in [-0.05, 0) is 64.5 Å². The molecule has 0 aliphatic carbocycles. The van der Waals surface area contributed by atoms with E-state index in [0.29, 0.717) is 18.2 Å².